The lowest BCUT2D eigenvalue weighted by atomic mass is 9.69. The number of hydrogen-bond acceptors (Lipinski definition) is 2. The van der Waals surface area contributed by atoms with E-state index in [1.54, 1.807) is 6.08 Å². The highest BCUT2D eigenvalue weighted by atomic mass is 16.1. The summed E-state index contributed by atoms with van der Waals surface area (Å²) in [5, 5.41) is 3.66. The van der Waals surface area contributed by atoms with Crippen LogP contribution in [0.25, 0.3) is 5.70 Å². The molecule has 2 heteroatoms. The third-order valence-electron chi connectivity index (χ3n) is 4.88. The predicted molar refractivity (Wildman–Crippen MR) is 88.6 cm³/mol. The van der Waals surface area contributed by atoms with Gasteiger partial charge >= 0.3 is 0 Å². The van der Waals surface area contributed by atoms with Gasteiger partial charge in [0, 0.05) is 28.4 Å². The van der Waals surface area contributed by atoms with Crippen LogP contribution in [0.3, 0.4) is 0 Å². The molecule has 1 spiro atoms. The molecule has 0 atom stereocenters. The average Bonchev–Trinajstić information content (AvgIpc) is 2.54. The Morgan fingerprint density at radius 3 is 2.45 bits per heavy atom. The van der Waals surface area contributed by atoms with Crippen molar-refractivity contribution in [2.24, 2.45) is 0 Å². The van der Waals surface area contributed by atoms with Crippen molar-refractivity contribution in [2.75, 3.05) is 0 Å². The fraction of sp³-hybridized carbons (Fsp3) is 0.250. The summed E-state index contributed by atoms with van der Waals surface area (Å²) in [6.45, 7) is 0. The van der Waals surface area contributed by atoms with Gasteiger partial charge in [0.2, 0.25) is 0 Å². The zero-order valence-electron chi connectivity index (χ0n) is 12.5. The van der Waals surface area contributed by atoms with Gasteiger partial charge in [-0.05, 0) is 31.2 Å². The number of nitrogens with one attached hydrogen (secondary N) is 1. The maximum atomic E-state index is 12.5. The molecular formula is C20H19NO. The van der Waals surface area contributed by atoms with Crippen molar-refractivity contribution >= 4 is 11.5 Å². The van der Waals surface area contributed by atoms with Gasteiger partial charge in [-0.25, -0.2) is 0 Å². The largest absolute Gasteiger partial charge is 0.379 e. The second-order valence-electron chi connectivity index (χ2n) is 6.38. The van der Waals surface area contributed by atoms with Gasteiger partial charge in [-0.15, -0.1) is 0 Å². The molecule has 1 heterocycles. The highest BCUT2D eigenvalue weighted by Crippen LogP contribution is 2.41. The first kappa shape index (κ1) is 13.3. The first-order chi connectivity index (χ1) is 10.8. The molecule has 0 bridgehead atoms. The molecule has 1 aliphatic carbocycles. The first-order valence-corrected chi connectivity index (χ1v) is 7.93. The Balaban J connectivity index is 1.73. The van der Waals surface area contributed by atoms with Crippen LogP contribution in [0.4, 0.5) is 0 Å². The van der Waals surface area contributed by atoms with Gasteiger partial charge in [-0.3, -0.25) is 4.79 Å². The van der Waals surface area contributed by atoms with E-state index in [-0.39, 0.29) is 11.3 Å². The highest BCUT2D eigenvalue weighted by molar-refractivity contribution is 6.08. The molecule has 110 valence electrons. The first-order valence-electron chi connectivity index (χ1n) is 7.93. The minimum absolute atomic E-state index is 0.0641. The Bertz CT molecular complexity index is 741. The molecule has 1 fully saturated rings. The molecule has 0 radical (unpaired) electrons. The van der Waals surface area contributed by atoms with Crippen LogP contribution in [0.1, 0.15) is 40.7 Å². The van der Waals surface area contributed by atoms with Gasteiger partial charge < -0.3 is 5.32 Å². The molecule has 0 aromatic heterocycles. The molecule has 1 N–H and O–H groups in total. The maximum Gasteiger partial charge on any atom is 0.187 e. The van der Waals surface area contributed by atoms with E-state index in [9.17, 15) is 4.79 Å². The summed E-state index contributed by atoms with van der Waals surface area (Å²) in [6, 6.07) is 17.9. The molecule has 22 heavy (non-hydrogen) atoms. The van der Waals surface area contributed by atoms with Gasteiger partial charge in [-0.2, -0.15) is 0 Å². The van der Waals surface area contributed by atoms with Crippen LogP contribution in [-0.2, 0) is 6.42 Å². The van der Waals surface area contributed by atoms with Crippen molar-refractivity contribution < 1.29 is 4.79 Å². The summed E-state index contributed by atoms with van der Waals surface area (Å²) >= 11 is 0. The van der Waals surface area contributed by atoms with Crippen molar-refractivity contribution in [3.05, 3.63) is 77.4 Å². The minimum Gasteiger partial charge on any atom is -0.379 e. The summed E-state index contributed by atoms with van der Waals surface area (Å²) < 4.78 is 0. The number of allylic oxidation sites excluding steroid dienone is 1. The lowest BCUT2D eigenvalue weighted by Crippen LogP contribution is -2.54. The summed E-state index contributed by atoms with van der Waals surface area (Å²) in [5.41, 5.74) is 4.42. The quantitative estimate of drug-likeness (QED) is 0.669. The zero-order chi connectivity index (χ0) is 15.0. The maximum absolute atomic E-state index is 12.5. The number of carbonyl (C=O) groups excluding carboxylic acids is 1. The van der Waals surface area contributed by atoms with Crippen molar-refractivity contribution in [2.45, 2.75) is 31.2 Å². The van der Waals surface area contributed by atoms with E-state index >= 15 is 0 Å². The van der Waals surface area contributed by atoms with Gasteiger partial charge in [0.25, 0.3) is 0 Å². The lowest BCUT2D eigenvalue weighted by Gasteiger charge is -2.47. The summed E-state index contributed by atoms with van der Waals surface area (Å²) in [4.78, 5) is 12.5. The van der Waals surface area contributed by atoms with Crippen LogP contribution in [-0.4, -0.2) is 11.3 Å². The van der Waals surface area contributed by atoms with Crippen LogP contribution in [0.5, 0.6) is 0 Å². The van der Waals surface area contributed by atoms with E-state index in [2.05, 4.69) is 23.5 Å². The normalized spacial score (nSPS) is 20.1. The van der Waals surface area contributed by atoms with Gasteiger partial charge in [0.15, 0.2) is 5.78 Å². The highest BCUT2D eigenvalue weighted by Gasteiger charge is 2.41. The van der Waals surface area contributed by atoms with Crippen molar-refractivity contribution in [1.29, 1.82) is 0 Å². The molecule has 1 aliphatic heterocycles. The lowest BCUT2D eigenvalue weighted by molar-refractivity contribution is 0.104. The summed E-state index contributed by atoms with van der Waals surface area (Å²) in [5.74, 6) is 0.0641. The number of hydrogen-bond donors (Lipinski definition) is 1. The Morgan fingerprint density at radius 1 is 1.00 bits per heavy atom. The standard InChI is InChI=1S/C20H19NO/c22-19(15-7-2-1-3-8-15)13-18-17-10-5-4-9-16(17)14-20(21-18)11-6-12-20/h1-5,7-10,13,21H,6,11-12,14H2/b18-13-. The Labute approximate surface area is 130 Å². The van der Waals surface area contributed by atoms with Crippen LogP contribution in [0, 0.1) is 0 Å². The fourth-order valence-electron chi connectivity index (χ4n) is 3.53. The Kier molecular flexibility index (Phi) is 3.11. The molecule has 2 aromatic rings. The van der Waals surface area contributed by atoms with E-state index in [1.807, 2.05) is 36.4 Å². The third kappa shape index (κ3) is 2.25. The number of rotatable bonds is 2. The number of benzene rings is 2. The van der Waals surface area contributed by atoms with Crippen LogP contribution >= 0.6 is 0 Å². The average molecular weight is 289 g/mol. The van der Waals surface area contributed by atoms with Gasteiger partial charge in [0.05, 0.1) is 0 Å². The van der Waals surface area contributed by atoms with Crippen LogP contribution in [0.2, 0.25) is 0 Å². The van der Waals surface area contributed by atoms with Crippen molar-refractivity contribution in [1.82, 2.24) is 5.32 Å². The molecule has 4 rings (SSSR count). The predicted octanol–water partition coefficient (Wildman–Crippen LogP) is 3.98. The third-order valence-corrected chi connectivity index (χ3v) is 4.88. The SMILES string of the molecule is O=C(/C=C1\NC2(CCC2)Cc2ccccc21)c1ccccc1. The van der Waals surface area contributed by atoms with E-state index < -0.39 is 0 Å². The molecule has 2 nitrogen and oxygen atoms in total. The van der Waals surface area contributed by atoms with E-state index in [4.69, 9.17) is 0 Å². The number of fused-ring (bicyclic) bond motifs is 1. The van der Waals surface area contributed by atoms with E-state index in [0.717, 1.165) is 17.7 Å². The fourth-order valence-corrected chi connectivity index (χ4v) is 3.53. The van der Waals surface area contributed by atoms with E-state index in [0.29, 0.717) is 0 Å². The van der Waals surface area contributed by atoms with Crippen LogP contribution < -0.4 is 5.32 Å². The monoisotopic (exact) mass is 289 g/mol. The van der Waals surface area contributed by atoms with Crippen molar-refractivity contribution in [3.8, 4) is 0 Å². The summed E-state index contributed by atoms with van der Waals surface area (Å²) in [7, 11) is 0. The smallest absolute Gasteiger partial charge is 0.187 e. The van der Waals surface area contributed by atoms with Crippen LogP contribution in [0.15, 0.2) is 60.7 Å². The molecule has 2 aliphatic rings. The second-order valence-corrected chi connectivity index (χ2v) is 6.38. The van der Waals surface area contributed by atoms with Gasteiger partial charge in [-0.1, -0.05) is 54.6 Å². The molecule has 1 saturated carbocycles. The number of carbonyl (C=O) groups is 1. The minimum atomic E-state index is 0.0641. The molecule has 0 saturated heterocycles. The number of ketones is 1. The second kappa shape index (κ2) is 5.13. The van der Waals surface area contributed by atoms with Crippen molar-refractivity contribution in [3.63, 3.8) is 0 Å². The Hall–Kier alpha value is -2.35. The summed E-state index contributed by atoms with van der Waals surface area (Å²) in [6.07, 6.45) is 6.50. The topological polar surface area (TPSA) is 29.1 Å². The molecule has 0 amide bonds. The molecule has 2 aromatic carbocycles. The van der Waals surface area contributed by atoms with E-state index in [1.165, 1.54) is 30.4 Å². The zero-order valence-corrected chi connectivity index (χ0v) is 12.5. The molecule has 0 unspecified atom stereocenters. The van der Waals surface area contributed by atoms with Gasteiger partial charge in [0.1, 0.15) is 0 Å². The molecular weight excluding hydrogens is 270 g/mol. The Morgan fingerprint density at radius 2 is 1.73 bits per heavy atom.